The maximum absolute atomic E-state index is 12.9. The third-order valence-electron chi connectivity index (χ3n) is 4.74. The lowest BCUT2D eigenvalue weighted by Crippen LogP contribution is -2.38. The molecule has 1 aromatic carbocycles. The van der Waals surface area contributed by atoms with Crippen molar-refractivity contribution < 1.29 is 14.3 Å². The van der Waals surface area contributed by atoms with Crippen LogP contribution in [-0.4, -0.2) is 23.6 Å². The van der Waals surface area contributed by atoms with Gasteiger partial charge < -0.3 is 4.74 Å². The summed E-state index contributed by atoms with van der Waals surface area (Å²) in [7, 11) is 0. The monoisotopic (exact) mass is 393 g/mol. The second-order valence-corrected chi connectivity index (χ2v) is 7.84. The molecule has 3 rings (SSSR count). The molecule has 0 spiro atoms. The summed E-state index contributed by atoms with van der Waals surface area (Å²) in [6.45, 7) is 5.41. The number of aliphatic imine (C=N–C) groups is 1. The van der Waals surface area contributed by atoms with E-state index in [1.165, 1.54) is 0 Å². The van der Waals surface area contributed by atoms with E-state index in [1.807, 2.05) is 6.92 Å². The van der Waals surface area contributed by atoms with E-state index in [9.17, 15) is 9.59 Å². The summed E-state index contributed by atoms with van der Waals surface area (Å²) < 4.78 is 5.47. The Morgan fingerprint density at radius 1 is 1.27 bits per heavy atom. The highest BCUT2D eigenvalue weighted by molar-refractivity contribution is 6.35. The zero-order valence-electron chi connectivity index (χ0n) is 15.0. The molecule has 1 unspecified atom stereocenters. The molecular formula is C20H21Cl2NO3. The minimum absolute atomic E-state index is 0.0286. The Hall–Kier alpha value is -1.65. The molecule has 1 aliphatic carbocycles. The van der Waals surface area contributed by atoms with E-state index in [2.05, 4.69) is 4.99 Å². The number of esters is 1. The Morgan fingerprint density at radius 2 is 2.00 bits per heavy atom. The highest BCUT2D eigenvalue weighted by Crippen LogP contribution is 2.45. The van der Waals surface area contributed by atoms with Crippen molar-refractivity contribution in [2.75, 3.05) is 0 Å². The first kappa shape index (κ1) is 19.1. The summed E-state index contributed by atoms with van der Waals surface area (Å²) >= 11 is 12.5. The van der Waals surface area contributed by atoms with Crippen molar-refractivity contribution in [2.24, 2.45) is 10.9 Å². The minimum Gasteiger partial charge on any atom is -0.462 e. The van der Waals surface area contributed by atoms with Gasteiger partial charge in [-0.1, -0.05) is 29.3 Å². The molecule has 2 atom stereocenters. The number of hydrogen-bond acceptors (Lipinski definition) is 4. The van der Waals surface area contributed by atoms with Gasteiger partial charge in [-0.25, -0.2) is 0 Å². The van der Waals surface area contributed by atoms with Crippen molar-refractivity contribution in [3.63, 3.8) is 0 Å². The standard InChI is InChI=1S/C20H21Cl2NO3/c1-10(2)26-20(25)17-11(3)23-15-5-4-6-16(24)19(15)18(17)13-8-7-12(21)9-14(13)22/h7-10,17-18H,4-6H2,1-3H3/t17?,18-/m0/s1. The maximum Gasteiger partial charge on any atom is 0.315 e. The summed E-state index contributed by atoms with van der Waals surface area (Å²) in [5, 5.41) is 0.940. The molecule has 1 aromatic rings. The van der Waals surface area contributed by atoms with Crippen molar-refractivity contribution in [2.45, 2.75) is 52.1 Å². The first-order valence-electron chi connectivity index (χ1n) is 8.76. The molecule has 6 heteroatoms. The number of halogens is 2. The molecule has 0 radical (unpaired) electrons. The number of hydrogen-bond donors (Lipinski definition) is 0. The molecule has 138 valence electrons. The average molecular weight is 394 g/mol. The van der Waals surface area contributed by atoms with Crippen LogP contribution >= 0.6 is 23.2 Å². The van der Waals surface area contributed by atoms with E-state index < -0.39 is 11.8 Å². The van der Waals surface area contributed by atoms with Gasteiger partial charge in [-0.05, 0) is 51.3 Å². The fourth-order valence-electron chi connectivity index (χ4n) is 3.71. The first-order chi connectivity index (χ1) is 12.3. The van der Waals surface area contributed by atoms with Crippen LogP contribution in [0.25, 0.3) is 0 Å². The van der Waals surface area contributed by atoms with Gasteiger partial charge in [-0.15, -0.1) is 0 Å². The lowest BCUT2D eigenvalue weighted by atomic mass is 9.71. The summed E-state index contributed by atoms with van der Waals surface area (Å²) in [6, 6.07) is 5.15. The van der Waals surface area contributed by atoms with E-state index in [-0.39, 0.29) is 17.9 Å². The molecule has 1 aliphatic heterocycles. The van der Waals surface area contributed by atoms with Gasteiger partial charge in [0, 0.05) is 39.4 Å². The van der Waals surface area contributed by atoms with Gasteiger partial charge in [-0.3, -0.25) is 14.6 Å². The molecule has 0 aromatic heterocycles. The van der Waals surface area contributed by atoms with E-state index in [1.54, 1.807) is 32.0 Å². The number of ether oxygens (including phenoxy) is 1. The van der Waals surface area contributed by atoms with Crippen LogP contribution in [0, 0.1) is 5.92 Å². The van der Waals surface area contributed by atoms with Gasteiger partial charge in [0.05, 0.1) is 6.10 Å². The number of allylic oxidation sites excluding steroid dienone is 2. The molecule has 0 N–H and O–H groups in total. The molecular weight excluding hydrogens is 373 g/mol. The topological polar surface area (TPSA) is 55.7 Å². The second-order valence-electron chi connectivity index (χ2n) is 7.00. The number of ketones is 1. The predicted molar refractivity (Wildman–Crippen MR) is 103 cm³/mol. The van der Waals surface area contributed by atoms with Gasteiger partial charge in [-0.2, -0.15) is 0 Å². The molecule has 0 bridgehead atoms. The molecule has 4 nitrogen and oxygen atoms in total. The molecule has 0 fully saturated rings. The number of rotatable bonds is 3. The molecule has 26 heavy (non-hydrogen) atoms. The van der Waals surface area contributed by atoms with Crippen LogP contribution in [0.3, 0.4) is 0 Å². The lowest BCUT2D eigenvalue weighted by Gasteiger charge is -2.35. The average Bonchev–Trinajstić information content (AvgIpc) is 2.53. The van der Waals surface area contributed by atoms with Crippen LogP contribution in [0.2, 0.25) is 10.0 Å². The SMILES string of the molecule is CC1=NC2=C(C(=O)CCC2)[C@@H](c2ccc(Cl)cc2Cl)C1C(=O)OC(C)C. The summed E-state index contributed by atoms with van der Waals surface area (Å²) in [4.78, 5) is 30.2. The van der Waals surface area contributed by atoms with Crippen LogP contribution in [0.4, 0.5) is 0 Å². The number of carbonyl (C=O) groups excluding carboxylic acids is 2. The van der Waals surface area contributed by atoms with Crippen molar-refractivity contribution in [3.05, 3.63) is 45.1 Å². The number of Topliss-reactive ketones (excluding diaryl/α,β-unsaturated/α-hetero) is 1. The van der Waals surface area contributed by atoms with Crippen LogP contribution in [0.15, 0.2) is 34.5 Å². The van der Waals surface area contributed by atoms with Crippen LogP contribution in [0.5, 0.6) is 0 Å². The molecule has 0 amide bonds. The Balaban J connectivity index is 2.17. The first-order valence-corrected chi connectivity index (χ1v) is 9.52. The highest BCUT2D eigenvalue weighted by atomic mass is 35.5. The normalized spacial score (nSPS) is 23.0. The van der Waals surface area contributed by atoms with Crippen molar-refractivity contribution in [1.29, 1.82) is 0 Å². The number of benzene rings is 1. The van der Waals surface area contributed by atoms with Crippen LogP contribution in [0.1, 0.15) is 51.5 Å². The van der Waals surface area contributed by atoms with Crippen LogP contribution in [-0.2, 0) is 14.3 Å². The second kappa shape index (κ2) is 7.53. The Labute approximate surface area is 163 Å². The number of carbonyl (C=O) groups is 2. The largest absolute Gasteiger partial charge is 0.462 e. The van der Waals surface area contributed by atoms with Crippen molar-refractivity contribution in [1.82, 2.24) is 0 Å². The smallest absolute Gasteiger partial charge is 0.315 e. The van der Waals surface area contributed by atoms with Crippen molar-refractivity contribution >= 4 is 40.7 Å². The van der Waals surface area contributed by atoms with Gasteiger partial charge in [0.25, 0.3) is 0 Å². The zero-order valence-corrected chi connectivity index (χ0v) is 16.5. The van der Waals surface area contributed by atoms with Gasteiger partial charge in [0.15, 0.2) is 5.78 Å². The van der Waals surface area contributed by atoms with Gasteiger partial charge in [0.1, 0.15) is 5.92 Å². The third-order valence-corrected chi connectivity index (χ3v) is 5.30. The fraction of sp³-hybridized carbons (Fsp3) is 0.450. The van der Waals surface area contributed by atoms with Crippen LogP contribution < -0.4 is 0 Å². The summed E-state index contributed by atoms with van der Waals surface area (Å²) in [5.74, 6) is -1.52. The quantitative estimate of drug-likeness (QED) is 0.668. The Bertz CT molecular complexity index is 826. The molecule has 0 saturated carbocycles. The van der Waals surface area contributed by atoms with Crippen molar-refractivity contribution in [3.8, 4) is 0 Å². The Kier molecular flexibility index (Phi) is 5.54. The summed E-state index contributed by atoms with van der Waals surface area (Å²) in [6.07, 6.45) is 1.71. The molecule has 2 aliphatic rings. The van der Waals surface area contributed by atoms with E-state index in [4.69, 9.17) is 27.9 Å². The zero-order chi connectivity index (χ0) is 19.0. The molecule has 0 saturated heterocycles. The summed E-state index contributed by atoms with van der Waals surface area (Å²) in [5.41, 5.74) is 2.72. The lowest BCUT2D eigenvalue weighted by molar-refractivity contribution is -0.150. The Morgan fingerprint density at radius 3 is 2.65 bits per heavy atom. The predicted octanol–water partition coefficient (Wildman–Crippen LogP) is 5.13. The third kappa shape index (κ3) is 3.58. The fourth-order valence-corrected chi connectivity index (χ4v) is 4.23. The van der Waals surface area contributed by atoms with E-state index in [0.717, 1.165) is 18.5 Å². The molecule has 1 heterocycles. The van der Waals surface area contributed by atoms with E-state index in [0.29, 0.717) is 33.3 Å². The van der Waals surface area contributed by atoms with Gasteiger partial charge in [0.2, 0.25) is 0 Å². The maximum atomic E-state index is 12.9. The van der Waals surface area contributed by atoms with E-state index >= 15 is 0 Å². The number of nitrogens with zero attached hydrogens (tertiary/aromatic N) is 1. The highest BCUT2D eigenvalue weighted by Gasteiger charge is 2.44. The minimum atomic E-state index is -0.670. The van der Waals surface area contributed by atoms with Gasteiger partial charge >= 0.3 is 5.97 Å².